The van der Waals surface area contributed by atoms with Gasteiger partial charge in [-0.3, -0.25) is 9.52 Å². The zero-order chi connectivity index (χ0) is 24.3. The third-order valence-electron chi connectivity index (χ3n) is 6.11. The maximum absolute atomic E-state index is 13.4. The van der Waals surface area contributed by atoms with Crippen molar-refractivity contribution in [2.75, 3.05) is 25.5 Å². The topological polar surface area (TPSA) is 84.9 Å². The van der Waals surface area contributed by atoms with Gasteiger partial charge in [-0.25, -0.2) is 8.42 Å². The first kappa shape index (κ1) is 23.6. The smallest absolute Gasteiger partial charge is 0.261 e. The van der Waals surface area contributed by atoms with E-state index in [4.69, 9.17) is 9.47 Å². The number of carbonyl (C=O) groups excluding carboxylic acids is 1. The van der Waals surface area contributed by atoms with Crippen LogP contribution in [0.2, 0.25) is 0 Å². The molecule has 1 aliphatic rings. The molecule has 0 saturated carbocycles. The molecule has 4 rings (SSSR count). The molecular weight excluding hydrogens is 452 g/mol. The number of nitrogens with one attached hydrogen (secondary N) is 1. The number of benzene rings is 3. The molecule has 0 spiro atoms. The van der Waals surface area contributed by atoms with Gasteiger partial charge in [-0.15, -0.1) is 0 Å². The standard InChI is InChI=1S/C26H28N2O5S/c1-18-7-4-5-8-23(18)27-34(30,31)21-13-10-19(11-14-21)26(29)28-16-6-9-24(28)22-17-20(32-2)12-15-25(22)33-3/h4-5,7-8,10-15,17,24,27H,6,9,16H2,1-3H3/t24-/m1/s1. The molecular formula is C26H28N2O5S. The summed E-state index contributed by atoms with van der Waals surface area (Å²) < 4.78 is 39.2. The van der Waals surface area contributed by atoms with Crippen molar-refractivity contribution in [3.63, 3.8) is 0 Å². The fourth-order valence-corrected chi connectivity index (χ4v) is 5.40. The zero-order valence-electron chi connectivity index (χ0n) is 19.4. The quantitative estimate of drug-likeness (QED) is 0.526. The molecule has 34 heavy (non-hydrogen) atoms. The Morgan fingerprint density at radius 2 is 1.74 bits per heavy atom. The molecule has 1 atom stereocenters. The maximum Gasteiger partial charge on any atom is 0.261 e. The summed E-state index contributed by atoms with van der Waals surface area (Å²) in [6, 6.07) is 18.6. The number of hydrogen-bond acceptors (Lipinski definition) is 5. The minimum Gasteiger partial charge on any atom is -0.497 e. The first-order valence-corrected chi connectivity index (χ1v) is 12.5. The molecule has 7 nitrogen and oxygen atoms in total. The summed E-state index contributed by atoms with van der Waals surface area (Å²) in [5, 5.41) is 0. The van der Waals surface area contributed by atoms with E-state index in [0.717, 1.165) is 24.0 Å². The molecule has 1 saturated heterocycles. The van der Waals surface area contributed by atoms with Crippen LogP contribution in [0.1, 0.15) is 40.4 Å². The number of hydrogen-bond donors (Lipinski definition) is 1. The van der Waals surface area contributed by atoms with Crippen molar-refractivity contribution in [3.8, 4) is 11.5 Å². The van der Waals surface area contributed by atoms with Gasteiger partial charge in [0.1, 0.15) is 11.5 Å². The van der Waals surface area contributed by atoms with Crippen molar-refractivity contribution in [3.05, 3.63) is 83.4 Å². The Morgan fingerprint density at radius 3 is 2.41 bits per heavy atom. The molecule has 1 fully saturated rings. The number of aryl methyl sites for hydroxylation is 1. The van der Waals surface area contributed by atoms with E-state index in [1.165, 1.54) is 12.1 Å². The van der Waals surface area contributed by atoms with Crippen LogP contribution < -0.4 is 14.2 Å². The summed E-state index contributed by atoms with van der Waals surface area (Å²) in [7, 11) is -0.562. The van der Waals surface area contributed by atoms with Gasteiger partial charge < -0.3 is 14.4 Å². The molecule has 178 valence electrons. The van der Waals surface area contributed by atoms with Crippen molar-refractivity contribution >= 4 is 21.6 Å². The minimum atomic E-state index is -3.77. The summed E-state index contributed by atoms with van der Waals surface area (Å²) in [5.74, 6) is 1.25. The van der Waals surface area contributed by atoms with E-state index in [9.17, 15) is 13.2 Å². The number of methoxy groups -OCH3 is 2. The number of rotatable bonds is 7. The summed E-state index contributed by atoms with van der Waals surface area (Å²) in [5.41, 5.74) is 2.68. The Kier molecular flexibility index (Phi) is 6.79. The molecule has 0 radical (unpaired) electrons. The Morgan fingerprint density at radius 1 is 1.00 bits per heavy atom. The lowest BCUT2D eigenvalue weighted by Crippen LogP contribution is -2.30. The first-order valence-electron chi connectivity index (χ1n) is 11.1. The molecule has 1 N–H and O–H groups in total. The number of para-hydroxylation sites is 1. The number of amides is 1. The molecule has 1 amide bonds. The lowest BCUT2D eigenvalue weighted by atomic mass is 10.0. The fraction of sp³-hybridized carbons (Fsp3) is 0.269. The van der Waals surface area contributed by atoms with Gasteiger partial charge >= 0.3 is 0 Å². The second-order valence-corrected chi connectivity index (χ2v) is 9.89. The van der Waals surface area contributed by atoms with Crippen LogP contribution in [0.4, 0.5) is 5.69 Å². The van der Waals surface area contributed by atoms with E-state index in [2.05, 4.69) is 4.72 Å². The van der Waals surface area contributed by atoms with Gasteiger partial charge in [0, 0.05) is 17.7 Å². The first-order chi connectivity index (χ1) is 16.3. The highest BCUT2D eigenvalue weighted by Crippen LogP contribution is 2.39. The van der Waals surface area contributed by atoms with E-state index < -0.39 is 10.0 Å². The lowest BCUT2D eigenvalue weighted by molar-refractivity contribution is 0.0734. The van der Waals surface area contributed by atoms with Crippen LogP contribution in [0.15, 0.2) is 71.6 Å². The summed E-state index contributed by atoms with van der Waals surface area (Å²) in [6.45, 7) is 2.45. The van der Waals surface area contributed by atoms with E-state index in [0.29, 0.717) is 29.3 Å². The summed E-state index contributed by atoms with van der Waals surface area (Å²) >= 11 is 0. The zero-order valence-corrected chi connectivity index (χ0v) is 20.3. The van der Waals surface area contributed by atoms with Gasteiger partial charge in [-0.2, -0.15) is 0 Å². The molecule has 0 aliphatic carbocycles. The monoisotopic (exact) mass is 480 g/mol. The number of likely N-dealkylation sites (tertiary alicyclic amines) is 1. The Bertz CT molecular complexity index is 1290. The molecule has 0 unspecified atom stereocenters. The second-order valence-electron chi connectivity index (χ2n) is 8.21. The predicted molar refractivity (Wildman–Crippen MR) is 131 cm³/mol. The van der Waals surface area contributed by atoms with Crippen molar-refractivity contribution in [1.82, 2.24) is 4.90 Å². The third-order valence-corrected chi connectivity index (χ3v) is 7.49. The highest BCUT2D eigenvalue weighted by atomic mass is 32.2. The number of ether oxygens (including phenoxy) is 2. The summed E-state index contributed by atoms with van der Waals surface area (Å²) in [6.07, 6.45) is 1.67. The highest BCUT2D eigenvalue weighted by Gasteiger charge is 2.33. The molecule has 0 bridgehead atoms. The van der Waals surface area contributed by atoms with E-state index in [1.807, 2.05) is 42.2 Å². The normalized spacial score (nSPS) is 15.7. The van der Waals surface area contributed by atoms with Gasteiger partial charge in [0.25, 0.3) is 15.9 Å². The van der Waals surface area contributed by atoms with Crippen molar-refractivity contribution in [1.29, 1.82) is 0 Å². The molecule has 1 aliphatic heterocycles. The third kappa shape index (κ3) is 4.72. The van der Waals surface area contributed by atoms with Crippen LogP contribution in [0.5, 0.6) is 11.5 Å². The largest absolute Gasteiger partial charge is 0.497 e. The van der Waals surface area contributed by atoms with E-state index in [1.54, 1.807) is 38.5 Å². The number of nitrogens with zero attached hydrogens (tertiary/aromatic N) is 1. The number of sulfonamides is 1. The highest BCUT2D eigenvalue weighted by molar-refractivity contribution is 7.92. The van der Waals surface area contributed by atoms with Crippen molar-refractivity contribution < 1.29 is 22.7 Å². The Hall–Kier alpha value is -3.52. The molecule has 0 aromatic heterocycles. The average Bonchev–Trinajstić information content (AvgIpc) is 3.34. The molecule has 1 heterocycles. The predicted octanol–water partition coefficient (Wildman–Crippen LogP) is 4.79. The number of anilines is 1. The van der Waals surface area contributed by atoms with Gasteiger partial charge in [-0.05, 0) is 73.9 Å². The molecule has 3 aromatic rings. The second kappa shape index (κ2) is 9.77. The van der Waals surface area contributed by atoms with Crippen LogP contribution >= 0.6 is 0 Å². The number of carbonyl (C=O) groups is 1. The van der Waals surface area contributed by atoms with Gasteiger partial charge in [0.05, 0.1) is 30.8 Å². The Labute approximate surface area is 200 Å². The van der Waals surface area contributed by atoms with Crippen molar-refractivity contribution in [2.24, 2.45) is 0 Å². The van der Waals surface area contributed by atoms with Gasteiger partial charge in [0.15, 0.2) is 0 Å². The average molecular weight is 481 g/mol. The maximum atomic E-state index is 13.4. The van der Waals surface area contributed by atoms with Crippen molar-refractivity contribution in [2.45, 2.75) is 30.7 Å². The van der Waals surface area contributed by atoms with Crippen LogP contribution in [-0.4, -0.2) is 40.0 Å². The molecule has 3 aromatic carbocycles. The fourth-order valence-electron chi connectivity index (χ4n) is 4.27. The SMILES string of the molecule is COc1ccc(OC)c([C@H]2CCCN2C(=O)c2ccc(S(=O)(=O)Nc3ccccc3C)cc2)c1. The molecule has 8 heteroatoms. The van der Waals surface area contributed by atoms with Crippen LogP contribution in [0.3, 0.4) is 0 Å². The van der Waals surface area contributed by atoms with E-state index in [-0.39, 0.29) is 16.8 Å². The van der Waals surface area contributed by atoms with E-state index >= 15 is 0 Å². The van der Waals surface area contributed by atoms with Gasteiger partial charge in [-0.1, -0.05) is 18.2 Å². The Balaban J connectivity index is 1.56. The summed E-state index contributed by atoms with van der Waals surface area (Å²) in [4.78, 5) is 15.3. The van der Waals surface area contributed by atoms with Gasteiger partial charge in [0.2, 0.25) is 0 Å². The minimum absolute atomic E-state index is 0.0970. The van der Waals surface area contributed by atoms with Crippen LogP contribution in [0, 0.1) is 6.92 Å². The lowest BCUT2D eigenvalue weighted by Gasteiger charge is -2.27. The van der Waals surface area contributed by atoms with Crippen LogP contribution in [0.25, 0.3) is 0 Å². The van der Waals surface area contributed by atoms with Crippen LogP contribution in [-0.2, 0) is 10.0 Å².